The van der Waals surface area contributed by atoms with Crippen LogP contribution in [0.2, 0.25) is 0 Å². The van der Waals surface area contributed by atoms with E-state index in [9.17, 15) is 45.0 Å². The molecule has 0 saturated carbocycles. The maximum absolute atomic E-state index is 11.4. The third-order valence-corrected chi connectivity index (χ3v) is 9.32. The molecule has 0 amide bonds. The van der Waals surface area contributed by atoms with Crippen LogP contribution in [-0.4, -0.2) is 48.5 Å². The van der Waals surface area contributed by atoms with Gasteiger partial charge in [-0.1, -0.05) is 71.9 Å². The molecule has 0 aliphatic rings. The minimum atomic E-state index is -1.25. The van der Waals surface area contributed by atoms with Gasteiger partial charge in [0.25, 0.3) is 0 Å². The number of hydrogen-bond donors (Lipinski definition) is 6. The Labute approximate surface area is 343 Å². The fourth-order valence-corrected chi connectivity index (χ4v) is 6.15. The summed E-state index contributed by atoms with van der Waals surface area (Å²) in [7, 11) is 0. The van der Waals surface area contributed by atoms with Crippen molar-refractivity contribution in [3.8, 4) is 86.2 Å². The molecule has 0 aromatic heterocycles. The minimum Gasteiger partial charge on any atom is -0.507 e. The molecule has 0 heterocycles. The first-order valence-corrected chi connectivity index (χ1v) is 18.1. The second-order valence-electron chi connectivity index (χ2n) is 13.4. The highest BCUT2D eigenvalue weighted by Crippen LogP contribution is 2.34. The van der Waals surface area contributed by atoms with Gasteiger partial charge in [0.1, 0.15) is 33.9 Å². The first-order chi connectivity index (χ1) is 28.9. The Balaban J connectivity index is 1.21. The van der Waals surface area contributed by atoms with Crippen LogP contribution < -0.4 is 0 Å². The van der Waals surface area contributed by atoms with Gasteiger partial charge in [-0.25, -0.2) is 14.4 Å². The second-order valence-corrected chi connectivity index (χ2v) is 13.4. The predicted molar refractivity (Wildman–Crippen MR) is 226 cm³/mol. The first kappa shape index (κ1) is 39.3. The Morgan fingerprint density at radius 1 is 0.283 bits per heavy atom. The van der Waals surface area contributed by atoms with Gasteiger partial charge in [0.15, 0.2) is 0 Å². The fourth-order valence-electron chi connectivity index (χ4n) is 6.15. The number of hydrogen-bond acceptors (Lipinski definition) is 6. The molecule has 0 saturated heterocycles. The van der Waals surface area contributed by atoms with E-state index >= 15 is 0 Å². The molecule has 0 unspecified atom stereocenters. The Kier molecular flexibility index (Phi) is 11.1. The topological polar surface area (TPSA) is 173 Å². The largest absolute Gasteiger partial charge is 0.507 e. The number of aromatic hydroxyl groups is 3. The summed E-state index contributed by atoms with van der Waals surface area (Å²) in [5.41, 5.74) is 8.25. The van der Waals surface area contributed by atoms with Crippen LogP contribution >= 0.6 is 0 Å². The minimum absolute atomic E-state index is 0.228. The van der Waals surface area contributed by atoms with Crippen molar-refractivity contribution in [2.75, 3.05) is 0 Å². The maximum atomic E-state index is 11.4. The molecule has 7 aromatic rings. The van der Waals surface area contributed by atoms with Crippen molar-refractivity contribution in [3.63, 3.8) is 0 Å². The SMILES string of the molecule is O=C(O)c1cc(C#Cc2ccc(-c3cc(-c4ccc(C#Cc5ccc(O)c(C(=O)O)c5)cc4)cc(-c4ccc(C#Cc5ccc(O)c(C(=O)O)c5)cc4)c3)cc2)ccc1O. The van der Waals surface area contributed by atoms with E-state index in [1.807, 2.05) is 72.8 Å². The molecule has 0 fully saturated rings. The monoisotopic (exact) mass is 786 g/mol. The van der Waals surface area contributed by atoms with Crippen molar-refractivity contribution in [2.24, 2.45) is 0 Å². The van der Waals surface area contributed by atoms with Crippen LogP contribution in [0.15, 0.2) is 146 Å². The first-order valence-electron chi connectivity index (χ1n) is 18.1. The lowest BCUT2D eigenvalue weighted by atomic mass is 9.92. The Morgan fingerprint density at radius 3 is 0.733 bits per heavy atom. The van der Waals surface area contributed by atoms with Gasteiger partial charge < -0.3 is 30.6 Å². The van der Waals surface area contributed by atoms with Crippen LogP contribution in [0.25, 0.3) is 33.4 Å². The van der Waals surface area contributed by atoms with Gasteiger partial charge in [0.2, 0.25) is 0 Å². The number of rotatable bonds is 6. The van der Waals surface area contributed by atoms with Gasteiger partial charge in [0, 0.05) is 33.4 Å². The van der Waals surface area contributed by atoms with Crippen LogP contribution in [0, 0.1) is 35.5 Å². The third kappa shape index (κ3) is 9.18. The Bertz CT molecular complexity index is 2690. The number of carboxylic acid groups (broad SMARTS) is 3. The van der Waals surface area contributed by atoms with E-state index in [4.69, 9.17) is 0 Å². The molecular weight excluding hydrogens is 757 g/mol. The van der Waals surface area contributed by atoms with Crippen LogP contribution in [0.4, 0.5) is 0 Å². The molecule has 0 radical (unpaired) electrons. The van der Waals surface area contributed by atoms with Crippen LogP contribution in [0.3, 0.4) is 0 Å². The summed E-state index contributed by atoms with van der Waals surface area (Å²) in [6.07, 6.45) is 0. The summed E-state index contributed by atoms with van der Waals surface area (Å²) in [4.78, 5) is 34.3. The third-order valence-electron chi connectivity index (χ3n) is 9.32. The molecule has 60 heavy (non-hydrogen) atoms. The highest BCUT2D eigenvalue weighted by Gasteiger charge is 2.12. The molecule has 9 nitrogen and oxygen atoms in total. The van der Waals surface area contributed by atoms with E-state index in [-0.39, 0.29) is 33.9 Å². The van der Waals surface area contributed by atoms with Gasteiger partial charge in [-0.3, -0.25) is 0 Å². The molecule has 0 bridgehead atoms. The summed E-state index contributed by atoms with van der Waals surface area (Å²) < 4.78 is 0. The highest BCUT2D eigenvalue weighted by molar-refractivity contribution is 5.92. The van der Waals surface area contributed by atoms with E-state index < -0.39 is 17.9 Å². The highest BCUT2D eigenvalue weighted by atomic mass is 16.4. The Morgan fingerprint density at radius 2 is 0.500 bits per heavy atom. The quantitative estimate of drug-likeness (QED) is 0.0900. The van der Waals surface area contributed by atoms with E-state index in [2.05, 4.69) is 53.7 Å². The number of benzene rings is 7. The van der Waals surface area contributed by atoms with Crippen molar-refractivity contribution < 1.29 is 45.0 Å². The predicted octanol–water partition coefficient (Wildman–Crippen LogP) is 9.10. The number of carbonyl (C=O) groups is 3. The molecule has 0 aliphatic heterocycles. The van der Waals surface area contributed by atoms with Crippen LogP contribution in [0.5, 0.6) is 17.2 Å². The molecule has 0 aliphatic carbocycles. The smallest absolute Gasteiger partial charge is 0.339 e. The average Bonchev–Trinajstić information content (AvgIpc) is 3.25. The number of phenols is 3. The van der Waals surface area contributed by atoms with Gasteiger partial charge >= 0.3 is 17.9 Å². The Hall–Kier alpha value is -8.97. The fraction of sp³-hybridized carbons (Fsp3) is 0. The molecular formula is C51H30O9. The van der Waals surface area contributed by atoms with Crippen molar-refractivity contribution >= 4 is 17.9 Å². The zero-order valence-corrected chi connectivity index (χ0v) is 31.3. The molecule has 7 rings (SSSR count). The summed E-state index contributed by atoms with van der Waals surface area (Å²) in [6, 6.07) is 41.6. The van der Waals surface area contributed by atoms with Gasteiger partial charge in [-0.15, -0.1) is 0 Å². The van der Waals surface area contributed by atoms with Crippen molar-refractivity contribution in [1.29, 1.82) is 0 Å². The van der Waals surface area contributed by atoms with E-state index in [1.54, 1.807) is 18.2 Å². The lowest BCUT2D eigenvalue weighted by molar-refractivity contribution is 0.0682. The lowest BCUT2D eigenvalue weighted by Crippen LogP contribution is -1.97. The van der Waals surface area contributed by atoms with Gasteiger partial charge in [-0.05, 0) is 143 Å². The maximum Gasteiger partial charge on any atom is 0.339 e. The molecule has 0 atom stereocenters. The average molecular weight is 787 g/mol. The molecule has 9 heteroatoms. The summed E-state index contributed by atoms with van der Waals surface area (Å²) in [5.74, 6) is 13.3. The van der Waals surface area contributed by atoms with Crippen molar-refractivity contribution in [3.05, 3.63) is 196 Å². The molecule has 6 N–H and O–H groups in total. The van der Waals surface area contributed by atoms with Gasteiger partial charge in [0.05, 0.1) is 0 Å². The normalized spacial score (nSPS) is 10.2. The second kappa shape index (κ2) is 17.0. The molecule has 7 aromatic carbocycles. The molecule has 288 valence electrons. The summed E-state index contributed by atoms with van der Waals surface area (Å²) >= 11 is 0. The zero-order chi connectivity index (χ0) is 42.3. The number of carboxylic acids is 3. The van der Waals surface area contributed by atoms with Crippen LogP contribution in [0.1, 0.15) is 64.5 Å². The van der Waals surface area contributed by atoms with E-state index in [0.717, 1.165) is 33.4 Å². The number of aromatic carboxylic acids is 3. The van der Waals surface area contributed by atoms with E-state index in [0.29, 0.717) is 33.4 Å². The summed E-state index contributed by atoms with van der Waals surface area (Å²) in [6.45, 7) is 0. The standard InChI is InChI=1S/C51H30O9/c52-46-22-13-34(25-43(46)49(55)56)4-1-31-7-16-37(17-8-31)40-28-41(38-18-9-32(10-19-38)2-5-35-14-23-47(53)44(26-35)50(57)58)30-42(29-40)39-20-11-33(12-21-39)3-6-36-15-24-48(54)45(27-36)51(59)60/h7-30,52-54H,(H,55,56)(H,57,58)(H,59,60). The van der Waals surface area contributed by atoms with Gasteiger partial charge in [-0.2, -0.15) is 0 Å². The molecule has 0 spiro atoms. The van der Waals surface area contributed by atoms with Crippen molar-refractivity contribution in [1.82, 2.24) is 0 Å². The van der Waals surface area contributed by atoms with E-state index in [1.165, 1.54) is 36.4 Å². The zero-order valence-electron chi connectivity index (χ0n) is 31.3. The summed E-state index contributed by atoms with van der Waals surface area (Å²) in [5, 5.41) is 57.5. The van der Waals surface area contributed by atoms with Crippen LogP contribution in [-0.2, 0) is 0 Å². The van der Waals surface area contributed by atoms with Crippen molar-refractivity contribution in [2.45, 2.75) is 0 Å². The lowest BCUT2D eigenvalue weighted by Gasteiger charge is -2.12.